The van der Waals surface area contributed by atoms with E-state index in [1.54, 1.807) is 7.11 Å². The minimum Gasteiger partial charge on any atom is -0.496 e. The van der Waals surface area contributed by atoms with Crippen molar-refractivity contribution in [1.82, 2.24) is 4.90 Å². The van der Waals surface area contributed by atoms with Gasteiger partial charge in [0.2, 0.25) is 0 Å². The fourth-order valence-electron chi connectivity index (χ4n) is 3.12. The van der Waals surface area contributed by atoms with Crippen molar-refractivity contribution in [3.63, 3.8) is 0 Å². The summed E-state index contributed by atoms with van der Waals surface area (Å²) in [6.45, 7) is 5.22. The standard InChI is InChI=1S/C19H21BrN2O2/c1-14-13-15(20)7-8-17(14)21-9-11-22(12-10-21)19(23)16-5-3-4-6-18(16)24-2/h3-8,13H,9-12H2,1-2H3. The van der Waals surface area contributed by atoms with Gasteiger partial charge >= 0.3 is 0 Å². The van der Waals surface area contributed by atoms with Crippen molar-refractivity contribution in [2.45, 2.75) is 6.92 Å². The number of carbonyl (C=O) groups is 1. The lowest BCUT2D eigenvalue weighted by Gasteiger charge is -2.37. The molecule has 0 aliphatic carbocycles. The van der Waals surface area contributed by atoms with E-state index in [-0.39, 0.29) is 5.91 Å². The molecule has 0 aromatic heterocycles. The molecule has 24 heavy (non-hydrogen) atoms. The Morgan fingerprint density at radius 1 is 1.08 bits per heavy atom. The van der Waals surface area contributed by atoms with E-state index in [4.69, 9.17) is 4.74 Å². The number of piperazine rings is 1. The monoisotopic (exact) mass is 388 g/mol. The zero-order valence-corrected chi connectivity index (χ0v) is 15.5. The third kappa shape index (κ3) is 3.41. The molecule has 0 radical (unpaired) electrons. The van der Waals surface area contributed by atoms with Gasteiger partial charge in [0.25, 0.3) is 5.91 Å². The Morgan fingerprint density at radius 2 is 1.79 bits per heavy atom. The van der Waals surface area contributed by atoms with E-state index in [2.05, 4.69) is 46.0 Å². The topological polar surface area (TPSA) is 32.8 Å². The highest BCUT2D eigenvalue weighted by Gasteiger charge is 2.24. The Kier molecular flexibility index (Phi) is 5.09. The van der Waals surface area contributed by atoms with Gasteiger partial charge in [-0.2, -0.15) is 0 Å². The first kappa shape index (κ1) is 16.8. The van der Waals surface area contributed by atoms with E-state index in [1.165, 1.54) is 11.3 Å². The van der Waals surface area contributed by atoms with Crippen molar-refractivity contribution in [3.8, 4) is 5.75 Å². The molecule has 0 N–H and O–H groups in total. The molecule has 0 saturated carbocycles. The summed E-state index contributed by atoms with van der Waals surface area (Å²) in [6, 6.07) is 13.7. The maximum absolute atomic E-state index is 12.8. The number of benzene rings is 2. The van der Waals surface area contributed by atoms with Gasteiger partial charge in [-0.3, -0.25) is 4.79 Å². The summed E-state index contributed by atoms with van der Waals surface area (Å²) in [6.07, 6.45) is 0. The molecule has 2 aromatic carbocycles. The number of methoxy groups -OCH3 is 1. The highest BCUT2D eigenvalue weighted by molar-refractivity contribution is 9.10. The molecule has 0 bridgehead atoms. The summed E-state index contributed by atoms with van der Waals surface area (Å²) in [7, 11) is 1.60. The Balaban J connectivity index is 1.69. The molecule has 1 fully saturated rings. The van der Waals surface area contributed by atoms with Crippen LogP contribution >= 0.6 is 15.9 Å². The summed E-state index contributed by atoms with van der Waals surface area (Å²) in [5.74, 6) is 0.674. The van der Waals surface area contributed by atoms with E-state index >= 15 is 0 Å². The van der Waals surface area contributed by atoms with Crippen molar-refractivity contribution in [3.05, 3.63) is 58.1 Å². The van der Waals surface area contributed by atoms with Crippen LogP contribution in [0.1, 0.15) is 15.9 Å². The first-order valence-electron chi connectivity index (χ1n) is 8.03. The molecular weight excluding hydrogens is 368 g/mol. The highest BCUT2D eigenvalue weighted by atomic mass is 79.9. The van der Waals surface area contributed by atoms with Gasteiger partial charge in [0.1, 0.15) is 5.75 Å². The smallest absolute Gasteiger partial charge is 0.257 e. The number of nitrogens with zero attached hydrogens (tertiary/aromatic N) is 2. The second-order valence-electron chi connectivity index (χ2n) is 5.91. The summed E-state index contributed by atoms with van der Waals surface area (Å²) in [5, 5.41) is 0. The molecule has 4 nitrogen and oxygen atoms in total. The van der Waals surface area contributed by atoms with Gasteiger partial charge in [-0.25, -0.2) is 0 Å². The number of para-hydroxylation sites is 1. The highest BCUT2D eigenvalue weighted by Crippen LogP contribution is 2.26. The van der Waals surface area contributed by atoms with E-state index < -0.39 is 0 Å². The van der Waals surface area contributed by atoms with E-state index in [1.807, 2.05) is 29.2 Å². The van der Waals surface area contributed by atoms with Gasteiger partial charge in [0.05, 0.1) is 12.7 Å². The van der Waals surface area contributed by atoms with Gasteiger partial charge in [-0.1, -0.05) is 28.1 Å². The number of rotatable bonds is 3. The number of hydrogen-bond acceptors (Lipinski definition) is 3. The molecule has 1 saturated heterocycles. The summed E-state index contributed by atoms with van der Waals surface area (Å²) in [4.78, 5) is 17.0. The predicted molar refractivity (Wildman–Crippen MR) is 100.0 cm³/mol. The lowest BCUT2D eigenvalue weighted by atomic mass is 10.1. The van der Waals surface area contributed by atoms with Crippen LogP contribution in [0.5, 0.6) is 5.75 Å². The maximum atomic E-state index is 12.8. The molecular formula is C19H21BrN2O2. The van der Waals surface area contributed by atoms with Crippen molar-refractivity contribution in [2.75, 3.05) is 38.2 Å². The molecule has 126 valence electrons. The van der Waals surface area contributed by atoms with E-state index in [0.717, 1.165) is 17.6 Å². The first-order chi connectivity index (χ1) is 11.6. The van der Waals surface area contributed by atoms with Gasteiger partial charge in [-0.15, -0.1) is 0 Å². The van der Waals surface area contributed by atoms with Crippen LogP contribution in [0.25, 0.3) is 0 Å². The molecule has 1 aliphatic heterocycles. The number of carbonyl (C=O) groups excluding carboxylic acids is 1. The molecule has 3 rings (SSSR count). The zero-order chi connectivity index (χ0) is 17.1. The van der Waals surface area contributed by atoms with Gasteiger partial charge < -0.3 is 14.5 Å². The largest absolute Gasteiger partial charge is 0.496 e. The van der Waals surface area contributed by atoms with Crippen LogP contribution < -0.4 is 9.64 Å². The molecule has 1 heterocycles. The molecule has 0 atom stereocenters. The average Bonchev–Trinajstić information content (AvgIpc) is 2.61. The summed E-state index contributed by atoms with van der Waals surface area (Å²) in [5.41, 5.74) is 3.12. The number of aryl methyl sites for hydroxylation is 1. The molecule has 0 unspecified atom stereocenters. The fraction of sp³-hybridized carbons (Fsp3) is 0.316. The third-order valence-electron chi connectivity index (χ3n) is 4.40. The van der Waals surface area contributed by atoms with Gasteiger partial charge in [0.15, 0.2) is 0 Å². The van der Waals surface area contributed by atoms with Crippen molar-refractivity contribution in [1.29, 1.82) is 0 Å². The fourth-order valence-corrected chi connectivity index (χ4v) is 3.59. The second-order valence-corrected chi connectivity index (χ2v) is 6.83. The lowest BCUT2D eigenvalue weighted by Crippen LogP contribution is -2.49. The summed E-state index contributed by atoms with van der Waals surface area (Å²) >= 11 is 3.51. The van der Waals surface area contributed by atoms with Crippen LogP contribution in [0.2, 0.25) is 0 Å². The molecule has 2 aromatic rings. The number of amides is 1. The number of halogens is 1. The summed E-state index contributed by atoms with van der Waals surface area (Å²) < 4.78 is 6.40. The van der Waals surface area contributed by atoms with Gasteiger partial charge in [0, 0.05) is 36.3 Å². The molecule has 0 spiro atoms. The Morgan fingerprint density at radius 3 is 2.46 bits per heavy atom. The van der Waals surface area contributed by atoms with Crippen LogP contribution in [0.15, 0.2) is 46.9 Å². The Hall–Kier alpha value is -2.01. The number of anilines is 1. The lowest BCUT2D eigenvalue weighted by molar-refractivity contribution is 0.0743. The van der Waals surface area contributed by atoms with Crippen molar-refractivity contribution >= 4 is 27.5 Å². The maximum Gasteiger partial charge on any atom is 0.257 e. The van der Waals surface area contributed by atoms with E-state index in [9.17, 15) is 4.79 Å². The number of hydrogen-bond donors (Lipinski definition) is 0. The van der Waals surface area contributed by atoms with Crippen LogP contribution in [0.4, 0.5) is 5.69 Å². The van der Waals surface area contributed by atoms with Gasteiger partial charge in [-0.05, 0) is 42.8 Å². The molecule has 1 amide bonds. The zero-order valence-electron chi connectivity index (χ0n) is 14.0. The van der Waals surface area contributed by atoms with Crippen LogP contribution in [0, 0.1) is 6.92 Å². The first-order valence-corrected chi connectivity index (χ1v) is 8.83. The Labute approximate surface area is 151 Å². The Bertz CT molecular complexity index is 740. The minimum absolute atomic E-state index is 0.0413. The van der Waals surface area contributed by atoms with Crippen LogP contribution in [-0.4, -0.2) is 44.1 Å². The van der Waals surface area contributed by atoms with E-state index in [0.29, 0.717) is 24.4 Å². The SMILES string of the molecule is COc1ccccc1C(=O)N1CCN(c2ccc(Br)cc2C)CC1. The minimum atomic E-state index is 0.0413. The quantitative estimate of drug-likeness (QED) is 0.802. The van der Waals surface area contributed by atoms with Crippen LogP contribution in [-0.2, 0) is 0 Å². The third-order valence-corrected chi connectivity index (χ3v) is 4.90. The van der Waals surface area contributed by atoms with Crippen LogP contribution in [0.3, 0.4) is 0 Å². The number of ether oxygens (including phenoxy) is 1. The molecule has 1 aliphatic rings. The normalized spacial score (nSPS) is 14.6. The second kappa shape index (κ2) is 7.26. The van der Waals surface area contributed by atoms with Crippen molar-refractivity contribution in [2.24, 2.45) is 0 Å². The predicted octanol–water partition coefficient (Wildman–Crippen LogP) is 3.73. The average molecular weight is 389 g/mol. The molecule has 5 heteroatoms. The van der Waals surface area contributed by atoms with Crippen molar-refractivity contribution < 1.29 is 9.53 Å².